The largest absolute Gasteiger partial charge is 0.497 e. The fourth-order valence-corrected chi connectivity index (χ4v) is 3.57. The van der Waals surface area contributed by atoms with E-state index in [-0.39, 0.29) is 0 Å². The van der Waals surface area contributed by atoms with Crippen LogP contribution >= 0.6 is 0 Å². The van der Waals surface area contributed by atoms with Gasteiger partial charge in [0.2, 0.25) is 0 Å². The van der Waals surface area contributed by atoms with Crippen LogP contribution in [0.4, 0.5) is 0 Å². The first-order valence-corrected chi connectivity index (χ1v) is 9.93. The van der Waals surface area contributed by atoms with Crippen LogP contribution in [0.15, 0.2) is 41.4 Å². The number of aryl methyl sites for hydroxylation is 1. The molecule has 1 saturated heterocycles. The molecule has 0 aliphatic carbocycles. The molecule has 2 heterocycles. The predicted octanol–water partition coefficient (Wildman–Crippen LogP) is 2.35. The van der Waals surface area contributed by atoms with E-state index in [0.29, 0.717) is 12.6 Å². The van der Waals surface area contributed by atoms with Gasteiger partial charge in [0.1, 0.15) is 11.5 Å². The Kier molecular flexibility index (Phi) is 7.30. The van der Waals surface area contributed by atoms with Gasteiger partial charge in [0.05, 0.1) is 26.5 Å². The molecule has 0 amide bonds. The first kappa shape index (κ1) is 20.9. The zero-order valence-corrected chi connectivity index (χ0v) is 17.7. The SMILES string of the molecule is CN=C(NCc1cccc(C)n1)NC1CCN(Cc2cc(OC)cc(OC)c2)C1. The van der Waals surface area contributed by atoms with Crippen molar-refractivity contribution in [3.63, 3.8) is 0 Å². The number of hydrogen-bond donors (Lipinski definition) is 2. The normalized spacial score (nSPS) is 17.2. The number of methoxy groups -OCH3 is 2. The van der Waals surface area contributed by atoms with Gasteiger partial charge in [-0.1, -0.05) is 6.07 Å². The molecular formula is C22H31N5O2. The van der Waals surface area contributed by atoms with E-state index in [9.17, 15) is 0 Å². The summed E-state index contributed by atoms with van der Waals surface area (Å²) in [6.45, 7) is 5.52. The van der Waals surface area contributed by atoms with Gasteiger partial charge in [-0.2, -0.15) is 0 Å². The summed E-state index contributed by atoms with van der Waals surface area (Å²) in [4.78, 5) is 11.3. The summed E-state index contributed by atoms with van der Waals surface area (Å²) in [5, 5.41) is 6.89. The first-order valence-electron chi connectivity index (χ1n) is 9.93. The number of nitrogens with zero attached hydrogens (tertiary/aromatic N) is 3. The topological polar surface area (TPSA) is 71.0 Å². The molecule has 1 aliphatic heterocycles. The number of likely N-dealkylation sites (tertiary alicyclic amines) is 1. The molecule has 1 aliphatic rings. The van der Waals surface area contributed by atoms with E-state index in [1.807, 2.05) is 31.2 Å². The van der Waals surface area contributed by atoms with Crippen LogP contribution in [0.25, 0.3) is 0 Å². The molecule has 2 aromatic rings. The second-order valence-electron chi connectivity index (χ2n) is 7.28. The molecule has 1 atom stereocenters. The number of aliphatic imine (C=N–C) groups is 1. The molecule has 156 valence electrons. The maximum Gasteiger partial charge on any atom is 0.191 e. The zero-order valence-electron chi connectivity index (χ0n) is 17.7. The Morgan fingerprint density at radius 3 is 2.62 bits per heavy atom. The maximum absolute atomic E-state index is 5.38. The lowest BCUT2D eigenvalue weighted by Crippen LogP contribution is -2.44. The van der Waals surface area contributed by atoms with E-state index in [4.69, 9.17) is 9.47 Å². The van der Waals surface area contributed by atoms with E-state index in [0.717, 1.165) is 54.9 Å². The van der Waals surface area contributed by atoms with Gasteiger partial charge in [-0.05, 0) is 43.2 Å². The molecule has 2 N–H and O–H groups in total. The van der Waals surface area contributed by atoms with Gasteiger partial charge in [-0.3, -0.25) is 14.9 Å². The molecule has 3 rings (SSSR count). The van der Waals surface area contributed by atoms with E-state index >= 15 is 0 Å². The van der Waals surface area contributed by atoms with E-state index in [1.54, 1.807) is 21.3 Å². The van der Waals surface area contributed by atoms with Crippen LogP contribution in [0.3, 0.4) is 0 Å². The Balaban J connectivity index is 1.51. The van der Waals surface area contributed by atoms with Crippen LogP contribution in [0.5, 0.6) is 11.5 Å². The number of hydrogen-bond acceptors (Lipinski definition) is 5. The minimum atomic E-state index is 0.360. The van der Waals surface area contributed by atoms with Crippen molar-refractivity contribution in [1.82, 2.24) is 20.5 Å². The Labute approximate surface area is 173 Å². The van der Waals surface area contributed by atoms with Crippen molar-refractivity contribution in [3.8, 4) is 11.5 Å². The monoisotopic (exact) mass is 397 g/mol. The molecule has 1 aromatic carbocycles. The van der Waals surface area contributed by atoms with Crippen molar-refractivity contribution in [3.05, 3.63) is 53.3 Å². The van der Waals surface area contributed by atoms with Crippen molar-refractivity contribution in [1.29, 1.82) is 0 Å². The van der Waals surface area contributed by atoms with Crippen molar-refractivity contribution in [2.24, 2.45) is 4.99 Å². The standard InChI is InChI=1S/C22H31N5O2/c1-16-6-5-7-18(25-16)13-24-22(23-2)26-19-8-9-27(15-19)14-17-10-20(28-3)12-21(11-17)29-4/h5-7,10-12,19H,8-9,13-15H2,1-4H3,(H2,23,24,26). The number of ether oxygens (including phenoxy) is 2. The second kappa shape index (κ2) is 10.1. The minimum Gasteiger partial charge on any atom is -0.497 e. The van der Waals surface area contributed by atoms with Gasteiger partial charge >= 0.3 is 0 Å². The predicted molar refractivity (Wildman–Crippen MR) is 116 cm³/mol. The fraction of sp³-hybridized carbons (Fsp3) is 0.455. The molecule has 7 heteroatoms. The Hall–Kier alpha value is -2.80. The van der Waals surface area contributed by atoms with Gasteiger partial charge in [-0.15, -0.1) is 0 Å². The lowest BCUT2D eigenvalue weighted by atomic mass is 10.2. The number of nitrogens with one attached hydrogen (secondary N) is 2. The van der Waals surface area contributed by atoms with Crippen molar-refractivity contribution in [2.45, 2.75) is 32.5 Å². The second-order valence-corrected chi connectivity index (χ2v) is 7.28. The lowest BCUT2D eigenvalue weighted by molar-refractivity contribution is 0.321. The zero-order chi connectivity index (χ0) is 20.6. The molecule has 0 saturated carbocycles. The van der Waals surface area contributed by atoms with Crippen LogP contribution in [0.2, 0.25) is 0 Å². The molecule has 29 heavy (non-hydrogen) atoms. The molecule has 0 spiro atoms. The summed E-state index contributed by atoms with van der Waals surface area (Å²) in [6.07, 6.45) is 1.07. The van der Waals surface area contributed by atoms with Gasteiger partial charge in [0.15, 0.2) is 5.96 Å². The van der Waals surface area contributed by atoms with Crippen LogP contribution in [0.1, 0.15) is 23.4 Å². The average Bonchev–Trinajstić information content (AvgIpc) is 3.17. The maximum atomic E-state index is 5.38. The van der Waals surface area contributed by atoms with Crippen LogP contribution in [0, 0.1) is 6.92 Å². The highest BCUT2D eigenvalue weighted by atomic mass is 16.5. The van der Waals surface area contributed by atoms with E-state index in [1.165, 1.54) is 5.56 Å². The highest BCUT2D eigenvalue weighted by molar-refractivity contribution is 5.79. The highest BCUT2D eigenvalue weighted by Gasteiger charge is 2.23. The quantitative estimate of drug-likeness (QED) is 0.552. The smallest absolute Gasteiger partial charge is 0.191 e. The average molecular weight is 398 g/mol. The molecule has 1 unspecified atom stereocenters. The molecular weight excluding hydrogens is 366 g/mol. The number of pyridine rings is 1. The Morgan fingerprint density at radius 2 is 1.97 bits per heavy atom. The van der Waals surface area contributed by atoms with Gasteiger partial charge in [-0.25, -0.2) is 0 Å². The summed E-state index contributed by atoms with van der Waals surface area (Å²) >= 11 is 0. The third-order valence-electron chi connectivity index (χ3n) is 5.04. The fourth-order valence-electron chi connectivity index (χ4n) is 3.57. The van der Waals surface area contributed by atoms with Crippen LogP contribution in [-0.2, 0) is 13.1 Å². The van der Waals surface area contributed by atoms with E-state index in [2.05, 4.69) is 37.6 Å². The summed E-state index contributed by atoms with van der Waals surface area (Å²) < 4.78 is 10.8. The van der Waals surface area contributed by atoms with Crippen molar-refractivity contribution in [2.75, 3.05) is 34.4 Å². The lowest BCUT2D eigenvalue weighted by Gasteiger charge is -2.19. The van der Waals surface area contributed by atoms with Crippen molar-refractivity contribution >= 4 is 5.96 Å². The Bertz CT molecular complexity index is 817. The van der Waals surface area contributed by atoms with Crippen LogP contribution < -0.4 is 20.1 Å². The third kappa shape index (κ3) is 6.09. The van der Waals surface area contributed by atoms with Gasteiger partial charge < -0.3 is 20.1 Å². The third-order valence-corrected chi connectivity index (χ3v) is 5.04. The molecule has 1 aromatic heterocycles. The molecule has 1 fully saturated rings. The molecule has 7 nitrogen and oxygen atoms in total. The summed E-state index contributed by atoms with van der Waals surface area (Å²) in [5.41, 5.74) is 3.22. The van der Waals surface area contributed by atoms with Gasteiger partial charge in [0.25, 0.3) is 0 Å². The Morgan fingerprint density at radius 1 is 1.21 bits per heavy atom. The molecule has 0 radical (unpaired) electrons. The summed E-state index contributed by atoms with van der Waals surface area (Å²) in [6, 6.07) is 12.4. The number of guanidine groups is 1. The number of rotatable bonds is 7. The summed E-state index contributed by atoms with van der Waals surface area (Å²) in [7, 11) is 5.16. The molecule has 0 bridgehead atoms. The van der Waals surface area contributed by atoms with E-state index < -0.39 is 0 Å². The van der Waals surface area contributed by atoms with Crippen LogP contribution in [-0.4, -0.2) is 56.2 Å². The van der Waals surface area contributed by atoms with Gasteiger partial charge in [0, 0.05) is 44.5 Å². The van der Waals surface area contributed by atoms with Crippen molar-refractivity contribution < 1.29 is 9.47 Å². The summed E-state index contributed by atoms with van der Waals surface area (Å²) in [5.74, 6) is 2.45. The first-order chi connectivity index (χ1) is 14.1. The highest BCUT2D eigenvalue weighted by Crippen LogP contribution is 2.24. The number of aromatic nitrogens is 1. The minimum absolute atomic E-state index is 0.360. The number of benzene rings is 1.